The van der Waals surface area contributed by atoms with Crippen molar-refractivity contribution in [1.29, 1.82) is 5.26 Å². The third-order valence-corrected chi connectivity index (χ3v) is 3.74. The van der Waals surface area contributed by atoms with Crippen LogP contribution in [0.5, 0.6) is 0 Å². The fourth-order valence-electron chi connectivity index (χ4n) is 2.16. The summed E-state index contributed by atoms with van der Waals surface area (Å²) < 4.78 is 5.42. The van der Waals surface area contributed by atoms with E-state index in [0.717, 1.165) is 25.0 Å². The molecule has 1 unspecified atom stereocenters. The van der Waals surface area contributed by atoms with Crippen molar-refractivity contribution in [1.82, 2.24) is 10.6 Å². The van der Waals surface area contributed by atoms with Gasteiger partial charge in [0, 0.05) is 30.9 Å². The normalized spacial score (nSPS) is 17.8. The second kappa shape index (κ2) is 8.42. The summed E-state index contributed by atoms with van der Waals surface area (Å²) in [5.41, 5.74) is 0.933. The van der Waals surface area contributed by atoms with Gasteiger partial charge in [-0.3, -0.25) is 4.79 Å². The molecule has 1 aromatic rings. The summed E-state index contributed by atoms with van der Waals surface area (Å²) in [4.78, 5) is 11.9. The first-order chi connectivity index (χ1) is 10.7. The van der Waals surface area contributed by atoms with Gasteiger partial charge in [-0.05, 0) is 24.5 Å². The number of carbonyl (C=O) groups excluding carboxylic acids is 1. The molecule has 0 bridgehead atoms. The fourth-order valence-corrected chi connectivity index (χ4v) is 2.36. The maximum atomic E-state index is 11.9. The Morgan fingerprint density at radius 1 is 1.50 bits per heavy atom. The number of carbonyl (C=O) groups is 1. The molecule has 2 rings (SSSR count). The molecule has 1 aromatic carbocycles. The summed E-state index contributed by atoms with van der Waals surface area (Å²) in [5, 5.41) is 15.4. The number of nitrogens with zero attached hydrogens (tertiary/aromatic N) is 1. The van der Waals surface area contributed by atoms with Crippen LogP contribution in [-0.2, 0) is 16.1 Å². The molecular weight excluding hydrogens is 302 g/mol. The lowest BCUT2D eigenvalue weighted by Crippen LogP contribution is -2.32. The number of hydrogen-bond donors (Lipinski definition) is 2. The van der Waals surface area contributed by atoms with Crippen molar-refractivity contribution >= 4 is 17.5 Å². The van der Waals surface area contributed by atoms with Crippen LogP contribution in [0, 0.1) is 11.3 Å². The monoisotopic (exact) mass is 319 g/mol. The van der Waals surface area contributed by atoms with Crippen LogP contribution in [0.3, 0.4) is 0 Å². The number of nitriles is 1. The number of nitrogens with one attached hydrogen (secondary N) is 2. The predicted octanol–water partition coefficient (Wildman–Crippen LogP) is 2.13. The molecule has 0 aliphatic carbocycles. The molecule has 0 aromatic heterocycles. The summed E-state index contributed by atoms with van der Waals surface area (Å²) in [5.74, 6) is -0.398. The highest BCUT2D eigenvalue weighted by Crippen LogP contribution is 2.14. The van der Waals surface area contributed by atoms with Crippen LogP contribution in [0.2, 0.25) is 5.02 Å². The van der Waals surface area contributed by atoms with E-state index in [1.807, 2.05) is 24.3 Å². The Labute approximate surface area is 134 Å². The van der Waals surface area contributed by atoms with Crippen LogP contribution >= 0.6 is 11.6 Å². The second-order valence-corrected chi connectivity index (χ2v) is 5.39. The summed E-state index contributed by atoms with van der Waals surface area (Å²) in [7, 11) is 0. The Morgan fingerprint density at radius 3 is 3.00 bits per heavy atom. The lowest BCUT2D eigenvalue weighted by Gasteiger charge is -2.10. The minimum Gasteiger partial charge on any atom is -0.386 e. The van der Waals surface area contributed by atoms with Gasteiger partial charge in [0.1, 0.15) is 11.6 Å². The molecule has 1 heterocycles. The molecule has 1 saturated heterocycles. The average Bonchev–Trinajstić information content (AvgIpc) is 3.04. The minimum absolute atomic E-state index is 0.0325. The fraction of sp³-hybridized carbons (Fsp3) is 0.375. The van der Waals surface area contributed by atoms with Crippen LogP contribution in [0.4, 0.5) is 0 Å². The molecule has 6 heteroatoms. The van der Waals surface area contributed by atoms with Crippen LogP contribution in [0.15, 0.2) is 36.0 Å². The molecule has 1 aliphatic heterocycles. The standard InChI is InChI=1S/C16H18ClN3O2/c17-15-6-2-1-4-12(15)9-19-10-13(8-18)16(21)20-11-14-5-3-7-22-14/h1-2,4,6,10,14,19H,3,5,7,9,11H2,(H,20,21)/b13-10-. The number of benzene rings is 1. The number of rotatable bonds is 6. The summed E-state index contributed by atoms with van der Waals surface area (Å²) >= 11 is 6.04. The maximum Gasteiger partial charge on any atom is 0.263 e. The van der Waals surface area contributed by atoms with E-state index in [-0.39, 0.29) is 11.7 Å². The van der Waals surface area contributed by atoms with Crippen LogP contribution in [-0.4, -0.2) is 25.2 Å². The number of halogens is 1. The van der Waals surface area contributed by atoms with E-state index in [1.165, 1.54) is 6.20 Å². The first-order valence-electron chi connectivity index (χ1n) is 7.17. The number of hydrogen-bond acceptors (Lipinski definition) is 4. The molecule has 2 N–H and O–H groups in total. The Hall–Kier alpha value is -2.03. The smallest absolute Gasteiger partial charge is 0.263 e. The molecule has 1 atom stereocenters. The second-order valence-electron chi connectivity index (χ2n) is 4.99. The van der Waals surface area contributed by atoms with Gasteiger partial charge in [-0.15, -0.1) is 0 Å². The number of amides is 1. The Morgan fingerprint density at radius 2 is 2.32 bits per heavy atom. The van der Waals surface area contributed by atoms with Gasteiger partial charge in [0.25, 0.3) is 5.91 Å². The van der Waals surface area contributed by atoms with Gasteiger partial charge in [-0.2, -0.15) is 5.26 Å². The van der Waals surface area contributed by atoms with E-state index >= 15 is 0 Å². The quantitative estimate of drug-likeness (QED) is 0.622. The van der Waals surface area contributed by atoms with Gasteiger partial charge in [-0.25, -0.2) is 0 Å². The molecule has 0 spiro atoms. The van der Waals surface area contributed by atoms with Crippen molar-refractivity contribution in [2.45, 2.75) is 25.5 Å². The van der Waals surface area contributed by atoms with E-state index in [9.17, 15) is 4.79 Å². The summed E-state index contributed by atoms with van der Waals surface area (Å²) in [6.45, 7) is 1.62. The molecule has 5 nitrogen and oxygen atoms in total. The average molecular weight is 320 g/mol. The van der Waals surface area contributed by atoms with Crippen molar-refractivity contribution in [3.05, 3.63) is 46.6 Å². The zero-order valence-electron chi connectivity index (χ0n) is 12.1. The van der Waals surface area contributed by atoms with Crippen molar-refractivity contribution in [2.75, 3.05) is 13.2 Å². The molecule has 0 saturated carbocycles. The molecule has 0 radical (unpaired) electrons. The van der Waals surface area contributed by atoms with Gasteiger partial charge in [0.15, 0.2) is 0 Å². The summed E-state index contributed by atoms with van der Waals surface area (Å²) in [6, 6.07) is 9.30. The van der Waals surface area contributed by atoms with E-state index in [2.05, 4.69) is 10.6 Å². The lowest BCUT2D eigenvalue weighted by atomic mass is 10.2. The third-order valence-electron chi connectivity index (χ3n) is 3.38. The first kappa shape index (κ1) is 16.3. The van der Waals surface area contributed by atoms with Crippen molar-refractivity contribution in [2.24, 2.45) is 0 Å². The molecular formula is C16H18ClN3O2. The lowest BCUT2D eigenvalue weighted by molar-refractivity contribution is -0.117. The van der Waals surface area contributed by atoms with Crippen LogP contribution in [0.1, 0.15) is 18.4 Å². The molecule has 22 heavy (non-hydrogen) atoms. The van der Waals surface area contributed by atoms with E-state index in [4.69, 9.17) is 21.6 Å². The van der Waals surface area contributed by atoms with E-state index in [1.54, 1.807) is 6.07 Å². The predicted molar refractivity (Wildman–Crippen MR) is 84.0 cm³/mol. The molecule has 1 fully saturated rings. The summed E-state index contributed by atoms with van der Waals surface area (Å²) in [6.07, 6.45) is 3.42. The van der Waals surface area contributed by atoms with Gasteiger partial charge in [0.2, 0.25) is 0 Å². The van der Waals surface area contributed by atoms with Gasteiger partial charge in [-0.1, -0.05) is 29.8 Å². The van der Waals surface area contributed by atoms with E-state index in [0.29, 0.717) is 18.1 Å². The highest BCUT2D eigenvalue weighted by atomic mass is 35.5. The zero-order chi connectivity index (χ0) is 15.8. The zero-order valence-corrected chi connectivity index (χ0v) is 12.9. The first-order valence-corrected chi connectivity index (χ1v) is 7.55. The van der Waals surface area contributed by atoms with Crippen molar-refractivity contribution < 1.29 is 9.53 Å². The highest BCUT2D eigenvalue weighted by molar-refractivity contribution is 6.31. The molecule has 1 amide bonds. The van der Waals surface area contributed by atoms with Crippen molar-refractivity contribution in [3.8, 4) is 6.07 Å². The third kappa shape index (κ3) is 4.76. The Kier molecular flexibility index (Phi) is 6.26. The Balaban J connectivity index is 1.83. The van der Waals surface area contributed by atoms with Crippen molar-refractivity contribution in [3.63, 3.8) is 0 Å². The van der Waals surface area contributed by atoms with Crippen LogP contribution < -0.4 is 10.6 Å². The molecule has 116 valence electrons. The largest absolute Gasteiger partial charge is 0.386 e. The minimum atomic E-state index is -0.398. The topological polar surface area (TPSA) is 74.2 Å². The number of ether oxygens (including phenoxy) is 1. The van der Waals surface area contributed by atoms with E-state index < -0.39 is 5.91 Å². The SMILES string of the molecule is N#C/C(=C/NCc1ccccc1Cl)C(=O)NCC1CCCO1. The molecule has 1 aliphatic rings. The van der Waals surface area contributed by atoms with Gasteiger partial charge < -0.3 is 15.4 Å². The highest BCUT2D eigenvalue weighted by Gasteiger charge is 2.17. The van der Waals surface area contributed by atoms with Gasteiger partial charge in [0.05, 0.1) is 6.10 Å². The van der Waals surface area contributed by atoms with Gasteiger partial charge >= 0.3 is 0 Å². The van der Waals surface area contributed by atoms with Crippen LogP contribution in [0.25, 0.3) is 0 Å². The Bertz CT molecular complexity index is 589. The maximum absolute atomic E-state index is 11.9.